The first-order valence-electron chi connectivity index (χ1n) is 8.42. The summed E-state index contributed by atoms with van der Waals surface area (Å²) in [6.45, 7) is 3.16. The van der Waals surface area contributed by atoms with Crippen molar-refractivity contribution in [3.63, 3.8) is 0 Å². The Balaban J connectivity index is 1.54. The lowest BCUT2D eigenvalue weighted by Crippen LogP contribution is -2.31. The van der Waals surface area contributed by atoms with E-state index in [4.69, 9.17) is 9.47 Å². The van der Waals surface area contributed by atoms with Crippen molar-refractivity contribution in [2.24, 2.45) is 10.2 Å². The summed E-state index contributed by atoms with van der Waals surface area (Å²) in [6, 6.07) is 13.8. The van der Waals surface area contributed by atoms with Gasteiger partial charge >= 0.3 is 0 Å². The van der Waals surface area contributed by atoms with Gasteiger partial charge in [0.05, 0.1) is 41.7 Å². The number of ether oxygens (including phenoxy) is 2. The molecule has 0 N–H and O–H groups in total. The molecular formula is C18H18N4O4. The van der Waals surface area contributed by atoms with E-state index in [0.29, 0.717) is 5.69 Å². The highest BCUT2D eigenvalue weighted by atomic mass is 16.6. The highest BCUT2D eigenvalue weighted by molar-refractivity contribution is 5.67. The van der Waals surface area contributed by atoms with Crippen molar-refractivity contribution >= 4 is 22.7 Å². The van der Waals surface area contributed by atoms with Gasteiger partial charge in [-0.3, -0.25) is 10.1 Å². The average molecular weight is 354 g/mol. The van der Waals surface area contributed by atoms with E-state index in [1.165, 1.54) is 12.1 Å². The quantitative estimate of drug-likeness (QED) is 0.312. The van der Waals surface area contributed by atoms with Crippen molar-refractivity contribution in [1.29, 1.82) is 0 Å². The Labute approximate surface area is 150 Å². The van der Waals surface area contributed by atoms with Gasteiger partial charge in [0.1, 0.15) is 5.69 Å². The number of nitro groups is 1. The molecule has 2 heterocycles. The average Bonchev–Trinajstić information content (AvgIpc) is 3.56. The van der Waals surface area contributed by atoms with Crippen molar-refractivity contribution in [1.82, 2.24) is 0 Å². The zero-order valence-electron chi connectivity index (χ0n) is 14.0. The van der Waals surface area contributed by atoms with Crippen LogP contribution in [-0.2, 0) is 9.47 Å². The van der Waals surface area contributed by atoms with Crippen LogP contribution in [0.25, 0.3) is 0 Å². The maximum atomic E-state index is 10.7. The van der Waals surface area contributed by atoms with Crippen LogP contribution >= 0.6 is 0 Å². The number of nitrogens with zero attached hydrogens (tertiary/aromatic N) is 4. The number of para-hydroxylation sites is 1. The minimum atomic E-state index is -0.437. The van der Waals surface area contributed by atoms with Gasteiger partial charge < -0.3 is 14.4 Å². The Morgan fingerprint density at radius 2 is 1.62 bits per heavy atom. The standard InChI is InChI=1S/C18H18N4O4/c23-22(24)14-7-5-13(6-8-14)19-20-17-3-1-2-4-18(17)21(9-15-11-25-15)10-16-12-26-16/h1-8,15-16H,9-12H2. The topological polar surface area (TPSA) is 96.2 Å². The molecule has 2 saturated heterocycles. The van der Waals surface area contributed by atoms with Crippen LogP contribution < -0.4 is 4.90 Å². The molecule has 0 spiro atoms. The molecule has 2 aliphatic rings. The highest BCUT2D eigenvalue weighted by Crippen LogP contribution is 2.32. The smallest absolute Gasteiger partial charge is 0.269 e. The van der Waals surface area contributed by atoms with Crippen LogP contribution in [0.15, 0.2) is 58.8 Å². The molecule has 134 valence electrons. The molecular weight excluding hydrogens is 336 g/mol. The van der Waals surface area contributed by atoms with Gasteiger partial charge in [-0.15, -0.1) is 5.11 Å². The summed E-state index contributed by atoms with van der Waals surface area (Å²) in [4.78, 5) is 12.5. The van der Waals surface area contributed by atoms with Gasteiger partial charge in [-0.05, 0) is 24.3 Å². The molecule has 8 nitrogen and oxygen atoms in total. The van der Waals surface area contributed by atoms with Gasteiger partial charge in [0.25, 0.3) is 5.69 Å². The second kappa shape index (κ2) is 7.19. The Hall–Kier alpha value is -2.84. The summed E-state index contributed by atoms with van der Waals surface area (Å²) in [6.07, 6.45) is 0.516. The maximum Gasteiger partial charge on any atom is 0.269 e. The van der Waals surface area contributed by atoms with E-state index in [2.05, 4.69) is 15.1 Å². The second-order valence-electron chi connectivity index (χ2n) is 6.28. The van der Waals surface area contributed by atoms with Crippen LogP contribution in [0, 0.1) is 10.1 Å². The van der Waals surface area contributed by atoms with Crippen molar-refractivity contribution in [3.05, 3.63) is 58.6 Å². The molecule has 0 radical (unpaired) electrons. The van der Waals surface area contributed by atoms with Gasteiger partial charge in [-0.1, -0.05) is 12.1 Å². The lowest BCUT2D eigenvalue weighted by molar-refractivity contribution is -0.384. The van der Waals surface area contributed by atoms with Crippen LogP contribution in [0.2, 0.25) is 0 Å². The number of anilines is 1. The van der Waals surface area contributed by atoms with Crippen LogP contribution in [0.3, 0.4) is 0 Å². The highest BCUT2D eigenvalue weighted by Gasteiger charge is 2.31. The molecule has 4 rings (SSSR count). The van der Waals surface area contributed by atoms with Crippen LogP contribution in [0.1, 0.15) is 0 Å². The number of hydrogen-bond donors (Lipinski definition) is 0. The van der Waals surface area contributed by atoms with Gasteiger partial charge in [0.2, 0.25) is 0 Å². The predicted molar refractivity (Wildman–Crippen MR) is 95.4 cm³/mol. The van der Waals surface area contributed by atoms with Crippen molar-refractivity contribution < 1.29 is 14.4 Å². The first-order valence-corrected chi connectivity index (χ1v) is 8.42. The molecule has 0 aliphatic carbocycles. The van der Waals surface area contributed by atoms with Crippen molar-refractivity contribution in [2.75, 3.05) is 31.2 Å². The van der Waals surface area contributed by atoms with Crippen molar-refractivity contribution in [2.45, 2.75) is 12.2 Å². The summed E-state index contributed by atoms with van der Waals surface area (Å²) >= 11 is 0. The summed E-state index contributed by atoms with van der Waals surface area (Å²) in [5.41, 5.74) is 2.31. The van der Waals surface area contributed by atoms with E-state index in [1.807, 2.05) is 24.3 Å². The molecule has 2 atom stereocenters. The van der Waals surface area contributed by atoms with Crippen LogP contribution in [-0.4, -0.2) is 43.4 Å². The lowest BCUT2D eigenvalue weighted by Gasteiger charge is -2.24. The number of benzene rings is 2. The van der Waals surface area contributed by atoms with Gasteiger partial charge in [0.15, 0.2) is 0 Å². The molecule has 2 fully saturated rings. The number of rotatable bonds is 8. The van der Waals surface area contributed by atoms with Gasteiger partial charge in [-0.2, -0.15) is 5.11 Å². The van der Waals surface area contributed by atoms with Gasteiger partial charge in [0, 0.05) is 25.2 Å². The Morgan fingerprint density at radius 3 is 2.19 bits per heavy atom. The third-order valence-electron chi connectivity index (χ3n) is 4.21. The fourth-order valence-corrected chi connectivity index (χ4v) is 2.68. The molecule has 2 aliphatic heterocycles. The largest absolute Gasteiger partial charge is 0.371 e. The third-order valence-corrected chi connectivity index (χ3v) is 4.21. The van der Waals surface area contributed by atoms with E-state index in [9.17, 15) is 10.1 Å². The van der Waals surface area contributed by atoms with E-state index in [-0.39, 0.29) is 17.9 Å². The summed E-state index contributed by atoms with van der Waals surface area (Å²) in [5, 5.41) is 19.3. The van der Waals surface area contributed by atoms with E-state index < -0.39 is 4.92 Å². The molecule has 0 bridgehead atoms. The first-order chi connectivity index (χ1) is 12.7. The first kappa shape index (κ1) is 16.6. The monoisotopic (exact) mass is 354 g/mol. The zero-order valence-corrected chi connectivity index (χ0v) is 14.0. The van der Waals surface area contributed by atoms with E-state index in [0.717, 1.165) is 37.7 Å². The Kier molecular flexibility index (Phi) is 4.59. The number of epoxide rings is 2. The molecule has 2 aromatic carbocycles. The molecule has 2 unspecified atom stereocenters. The maximum absolute atomic E-state index is 10.7. The minimum Gasteiger partial charge on any atom is -0.371 e. The van der Waals surface area contributed by atoms with Crippen LogP contribution in [0.5, 0.6) is 0 Å². The van der Waals surface area contributed by atoms with E-state index >= 15 is 0 Å². The summed E-state index contributed by atoms with van der Waals surface area (Å²) in [5.74, 6) is 0. The van der Waals surface area contributed by atoms with Gasteiger partial charge in [-0.25, -0.2) is 0 Å². The van der Waals surface area contributed by atoms with Crippen molar-refractivity contribution in [3.8, 4) is 0 Å². The predicted octanol–water partition coefficient (Wildman–Crippen LogP) is 3.61. The molecule has 0 saturated carbocycles. The molecule has 8 heteroatoms. The molecule has 0 aromatic heterocycles. The fourth-order valence-electron chi connectivity index (χ4n) is 2.68. The Morgan fingerprint density at radius 1 is 1.00 bits per heavy atom. The number of hydrogen-bond acceptors (Lipinski definition) is 7. The second-order valence-corrected chi connectivity index (χ2v) is 6.28. The summed E-state index contributed by atoms with van der Waals surface area (Å²) < 4.78 is 10.7. The SMILES string of the molecule is O=[N+]([O-])c1ccc(N=Nc2ccccc2N(CC2CO2)CC2CO2)cc1. The molecule has 2 aromatic rings. The van der Waals surface area contributed by atoms with E-state index in [1.54, 1.807) is 12.1 Å². The zero-order chi connectivity index (χ0) is 17.9. The number of non-ortho nitro benzene ring substituents is 1. The normalized spacial score (nSPS) is 20.9. The number of azo groups is 1. The lowest BCUT2D eigenvalue weighted by atomic mass is 10.2. The fraction of sp³-hybridized carbons (Fsp3) is 0.333. The van der Waals surface area contributed by atoms with Crippen LogP contribution in [0.4, 0.5) is 22.7 Å². The third kappa shape index (κ3) is 4.22. The molecule has 0 amide bonds. The minimum absolute atomic E-state index is 0.0318. The molecule has 26 heavy (non-hydrogen) atoms. The number of nitro benzene ring substituents is 1. The Bertz CT molecular complexity index is 802. The summed E-state index contributed by atoms with van der Waals surface area (Å²) in [7, 11) is 0.